The molecule has 1 spiro atoms. The number of aliphatic hydroxyl groups is 2. The zero-order valence-corrected chi connectivity index (χ0v) is 20.7. The third-order valence-electron chi connectivity index (χ3n) is 8.34. The number of amides is 3. The van der Waals surface area contributed by atoms with E-state index >= 15 is 0 Å². The van der Waals surface area contributed by atoms with Crippen molar-refractivity contribution in [2.45, 2.75) is 67.6 Å². The van der Waals surface area contributed by atoms with Gasteiger partial charge in [0, 0.05) is 37.8 Å². The van der Waals surface area contributed by atoms with Crippen LogP contribution in [-0.4, -0.2) is 98.2 Å². The average molecular weight is 547 g/mol. The number of fused-ring (bicyclic) bond motifs is 1. The van der Waals surface area contributed by atoms with Crippen molar-refractivity contribution in [3.8, 4) is 0 Å². The molecule has 0 aromatic heterocycles. The van der Waals surface area contributed by atoms with E-state index in [1.165, 1.54) is 11.0 Å². The Bertz CT molecular complexity index is 1330. The highest BCUT2D eigenvalue weighted by atomic mass is 19.3. The molecular formula is C24H28F2N8O5. The normalized spacial score (nSPS) is 32.2. The molecule has 4 heterocycles. The molecule has 2 saturated heterocycles. The fraction of sp³-hybridized carbons (Fsp3) is 0.542. The number of imide groups is 1. The first-order chi connectivity index (χ1) is 18.3. The van der Waals surface area contributed by atoms with E-state index in [9.17, 15) is 33.4 Å². The number of benzene rings is 1. The lowest BCUT2D eigenvalue weighted by Gasteiger charge is -2.49. The average Bonchev–Trinajstić information content (AvgIpc) is 3.46. The van der Waals surface area contributed by atoms with Crippen molar-refractivity contribution in [3.05, 3.63) is 34.9 Å². The van der Waals surface area contributed by atoms with E-state index in [1.54, 1.807) is 12.1 Å². The van der Waals surface area contributed by atoms with E-state index in [2.05, 4.69) is 20.6 Å². The zero-order valence-electron chi connectivity index (χ0n) is 20.7. The summed E-state index contributed by atoms with van der Waals surface area (Å²) >= 11 is 0. The van der Waals surface area contributed by atoms with Gasteiger partial charge in [0.1, 0.15) is 12.1 Å². The standard InChI is InChI=1S/C24H28F2N8O5/c25-22(26)7-6-11-2-1-3-12(13(11)8-22)19(37)30-15-10-34-21(28)29-14(9-33-16(35)4-5-17(33)36)18-23(34,24(15,38)39)32-20(27)31-18/h1-3,14-15,18,38-39H,4-10H2,(H2,28,29)(H,30,37)(H3,27,31,32)/t14-,15-,18-,23-/m0/s1. The molecule has 0 saturated carbocycles. The summed E-state index contributed by atoms with van der Waals surface area (Å²) in [5.74, 6) is -7.55. The molecule has 0 bridgehead atoms. The SMILES string of the molecule is NC1=N[C@H]2[C@H](CN3C(=O)CCC3=O)N=C(N)N3C[C@H](NC(=O)c4cccc5c4CC(F)(F)CC5)C(O)(O)[C@]23N1. The summed E-state index contributed by atoms with van der Waals surface area (Å²) < 4.78 is 28.4. The van der Waals surface area contributed by atoms with Crippen molar-refractivity contribution in [1.82, 2.24) is 20.4 Å². The number of aryl methyl sites for hydroxylation is 1. The maximum absolute atomic E-state index is 14.2. The minimum Gasteiger partial charge on any atom is -0.370 e. The van der Waals surface area contributed by atoms with Crippen LogP contribution in [0, 0.1) is 0 Å². The van der Waals surface area contributed by atoms with Gasteiger partial charge in [-0.2, -0.15) is 0 Å². The van der Waals surface area contributed by atoms with Crippen LogP contribution in [0.4, 0.5) is 8.78 Å². The number of nitrogens with one attached hydrogen (secondary N) is 2. The van der Waals surface area contributed by atoms with E-state index < -0.39 is 47.8 Å². The van der Waals surface area contributed by atoms with Crippen molar-refractivity contribution >= 4 is 29.6 Å². The number of carbonyl (C=O) groups excluding carboxylic acids is 3. The lowest BCUT2D eigenvalue weighted by atomic mass is 9.84. The summed E-state index contributed by atoms with van der Waals surface area (Å²) in [7, 11) is 0. The number of carbonyl (C=O) groups is 3. The predicted molar refractivity (Wildman–Crippen MR) is 131 cm³/mol. The first-order valence-corrected chi connectivity index (χ1v) is 12.6. The van der Waals surface area contributed by atoms with Crippen LogP contribution in [0.5, 0.6) is 0 Å². The van der Waals surface area contributed by atoms with E-state index in [4.69, 9.17) is 11.5 Å². The van der Waals surface area contributed by atoms with Crippen molar-refractivity contribution in [1.29, 1.82) is 0 Å². The molecule has 2 fully saturated rings. The molecule has 39 heavy (non-hydrogen) atoms. The number of nitrogens with zero attached hydrogens (tertiary/aromatic N) is 4. The third kappa shape index (κ3) is 3.66. The van der Waals surface area contributed by atoms with Crippen LogP contribution in [0.3, 0.4) is 0 Å². The number of alkyl halides is 2. The number of nitrogens with two attached hydrogens (primary N) is 2. The molecular weight excluding hydrogens is 518 g/mol. The van der Waals surface area contributed by atoms with Gasteiger partial charge in [-0.3, -0.25) is 19.3 Å². The second kappa shape index (κ2) is 8.32. The van der Waals surface area contributed by atoms with Crippen LogP contribution in [0.15, 0.2) is 28.2 Å². The third-order valence-corrected chi connectivity index (χ3v) is 8.34. The molecule has 1 aromatic rings. The Morgan fingerprint density at radius 1 is 1.15 bits per heavy atom. The fourth-order valence-electron chi connectivity index (χ4n) is 6.44. The van der Waals surface area contributed by atoms with Gasteiger partial charge in [-0.25, -0.2) is 18.8 Å². The molecule has 15 heteroatoms. The van der Waals surface area contributed by atoms with E-state index in [-0.39, 0.29) is 73.6 Å². The van der Waals surface area contributed by atoms with Crippen LogP contribution in [0.1, 0.15) is 40.7 Å². The second-order valence-corrected chi connectivity index (χ2v) is 10.6. The first-order valence-electron chi connectivity index (χ1n) is 12.6. The lowest BCUT2D eigenvalue weighted by molar-refractivity contribution is -0.230. The highest BCUT2D eigenvalue weighted by molar-refractivity contribution is 6.02. The molecule has 208 valence electrons. The summed E-state index contributed by atoms with van der Waals surface area (Å²) in [5.41, 5.74) is 11.2. The smallest absolute Gasteiger partial charge is 0.252 e. The molecule has 0 unspecified atom stereocenters. The lowest BCUT2D eigenvalue weighted by Crippen LogP contribution is -2.78. The number of halogens is 2. The highest BCUT2D eigenvalue weighted by Crippen LogP contribution is 2.45. The zero-order chi connectivity index (χ0) is 27.9. The Labute approximate surface area is 220 Å². The van der Waals surface area contributed by atoms with Gasteiger partial charge >= 0.3 is 0 Å². The van der Waals surface area contributed by atoms with Gasteiger partial charge in [-0.15, -0.1) is 0 Å². The number of likely N-dealkylation sites (tertiary alicyclic amines) is 1. The molecule has 0 radical (unpaired) electrons. The van der Waals surface area contributed by atoms with Crippen LogP contribution in [0.2, 0.25) is 0 Å². The van der Waals surface area contributed by atoms with Crippen LogP contribution < -0.4 is 22.1 Å². The van der Waals surface area contributed by atoms with Crippen molar-refractivity contribution < 1.29 is 33.4 Å². The quantitative estimate of drug-likeness (QED) is 0.178. The maximum Gasteiger partial charge on any atom is 0.252 e. The summed E-state index contributed by atoms with van der Waals surface area (Å²) in [6.07, 6.45) is -0.678. The Hall–Kier alpha value is -3.85. The summed E-state index contributed by atoms with van der Waals surface area (Å²) in [4.78, 5) is 48.9. The molecule has 3 amide bonds. The van der Waals surface area contributed by atoms with E-state index in [0.29, 0.717) is 5.56 Å². The number of aliphatic imine (C=N–C) groups is 2. The topological polar surface area (TPSA) is 199 Å². The summed E-state index contributed by atoms with van der Waals surface area (Å²) in [6, 6.07) is 1.25. The fourth-order valence-corrected chi connectivity index (χ4v) is 6.44. The van der Waals surface area contributed by atoms with Gasteiger partial charge in [0.05, 0.1) is 12.6 Å². The number of hydrogen-bond acceptors (Lipinski definition) is 11. The Balaban J connectivity index is 1.31. The van der Waals surface area contributed by atoms with E-state index in [1.807, 2.05) is 0 Å². The Morgan fingerprint density at radius 3 is 2.59 bits per heavy atom. The van der Waals surface area contributed by atoms with E-state index in [0.717, 1.165) is 4.90 Å². The maximum atomic E-state index is 14.2. The molecule has 1 aliphatic carbocycles. The van der Waals surface area contributed by atoms with Gasteiger partial charge in [0.15, 0.2) is 17.6 Å². The molecule has 4 aliphatic heterocycles. The van der Waals surface area contributed by atoms with Crippen LogP contribution in [-0.2, 0) is 22.4 Å². The minimum atomic E-state index is -2.96. The second-order valence-electron chi connectivity index (χ2n) is 10.6. The molecule has 13 nitrogen and oxygen atoms in total. The largest absolute Gasteiger partial charge is 0.370 e. The number of hydrogen-bond donors (Lipinski definition) is 6. The molecule has 4 atom stereocenters. The predicted octanol–water partition coefficient (Wildman–Crippen LogP) is -2.27. The van der Waals surface area contributed by atoms with Gasteiger partial charge in [-0.05, 0) is 23.6 Å². The molecule has 8 N–H and O–H groups in total. The Kier molecular flexibility index (Phi) is 5.43. The number of guanidine groups is 2. The van der Waals surface area contributed by atoms with Gasteiger partial charge in [0.25, 0.3) is 11.8 Å². The van der Waals surface area contributed by atoms with Gasteiger partial charge in [-0.1, -0.05) is 12.1 Å². The van der Waals surface area contributed by atoms with Crippen molar-refractivity contribution in [2.75, 3.05) is 13.1 Å². The first kappa shape index (κ1) is 25.4. The van der Waals surface area contributed by atoms with Gasteiger partial charge < -0.3 is 37.2 Å². The summed E-state index contributed by atoms with van der Waals surface area (Å²) in [6.45, 7) is -0.436. The number of rotatable bonds is 4. The molecule has 6 rings (SSSR count). The monoisotopic (exact) mass is 546 g/mol. The van der Waals surface area contributed by atoms with Crippen LogP contribution >= 0.6 is 0 Å². The van der Waals surface area contributed by atoms with Gasteiger partial charge in [0.2, 0.25) is 17.6 Å². The van der Waals surface area contributed by atoms with Crippen molar-refractivity contribution in [2.24, 2.45) is 21.5 Å². The van der Waals surface area contributed by atoms with Crippen LogP contribution in [0.25, 0.3) is 0 Å². The summed E-state index contributed by atoms with van der Waals surface area (Å²) in [5, 5.41) is 28.5. The minimum absolute atomic E-state index is 0.0160. The molecule has 1 aromatic carbocycles. The van der Waals surface area contributed by atoms with Crippen molar-refractivity contribution in [3.63, 3.8) is 0 Å². The highest BCUT2D eigenvalue weighted by Gasteiger charge is 2.73. The molecule has 5 aliphatic rings. The Morgan fingerprint density at radius 2 is 1.87 bits per heavy atom.